The van der Waals surface area contributed by atoms with Gasteiger partial charge >= 0.3 is 0 Å². The Morgan fingerprint density at radius 1 is 1.19 bits per heavy atom. The van der Waals surface area contributed by atoms with E-state index in [4.69, 9.17) is 9.47 Å². The van der Waals surface area contributed by atoms with Gasteiger partial charge in [-0.1, -0.05) is 0 Å². The summed E-state index contributed by atoms with van der Waals surface area (Å²) in [6, 6.07) is 0. The maximum absolute atomic E-state index is 11.2. The van der Waals surface area contributed by atoms with E-state index in [0.29, 0.717) is 19.8 Å². The summed E-state index contributed by atoms with van der Waals surface area (Å²) in [7, 11) is 5.18. The zero-order valence-electron chi connectivity index (χ0n) is 10.6. The number of carbonyl (C=O) groups excluding carboxylic acids is 1. The Bertz CT molecular complexity index is 175. The van der Waals surface area contributed by atoms with Crippen molar-refractivity contribution in [2.45, 2.75) is 12.8 Å². The van der Waals surface area contributed by atoms with Crippen molar-refractivity contribution in [3.8, 4) is 0 Å². The van der Waals surface area contributed by atoms with Crippen LogP contribution in [0, 0.1) is 0 Å². The molecule has 0 aliphatic carbocycles. The molecule has 0 atom stereocenters. The monoisotopic (exact) mass is 232 g/mol. The van der Waals surface area contributed by atoms with Crippen LogP contribution in [0.4, 0.5) is 0 Å². The van der Waals surface area contributed by atoms with E-state index in [9.17, 15) is 4.79 Å². The predicted octanol–water partition coefficient (Wildman–Crippen LogP) is 0.107. The van der Waals surface area contributed by atoms with Crippen LogP contribution >= 0.6 is 0 Å². The van der Waals surface area contributed by atoms with E-state index >= 15 is 0 Å². The third kappa shape index (κ3) is 9.89. The van der Waals surface area contributed by atoms with E-state index in [2.05, 4.69) is 5.32 Å². The molecule has 0 aliphatic heterocycles. The molecule has 5 heteroatoms. The first-order valence-electron chi connectivity index (χ1n) is 5.66. The molecule has 0 spiro atoms. The van der Waals surface area contributed by atoms with Gasteiger partial charge in [-0.25, -0.2) is 0 Å². The van der Waals surface area contributed by atoms with Gasteiger partial charge in [0.15, 0.2) is 0 Å². The summed E-state index contributed by atoms with van der Waals surface area (Å²) in [6.45, 7) is 3.33. The van der Waals surface area contributed by atoms with Gasteiger partial charge in [-0.2, -0.15) is 0 Å². The van der Waals surface area contributed by atoms with Crippen molar-refractivity contribution in [3.05, 3.63) is 0 Å². The number of ether oxygens (including phenoxy) is 2. The van der Waals surface area contributed by atoms with Crippen LogP contribution in [0.3, 0.4) is 0 Å². The van der Waals surface area contributed by atoms with E-state index in [1.54, 1.807) is 26.1 Å². The number of nitrogens with zero attached hydrogens (tertiary/aromatic N) is 1. The molecule has 1 N–H and O–H groups in total. The van der Waals surface area contributed by atoms with Gasteiger partial charge in [-0.15, -0.1) is 0 Å². The lowest BCUT2D eigenvalue weighted by Crippen LogP contribution is -2.33. The largest absolute Gasteiger partial charge is 0.382 e. The molecular weight excluding hydrogens is 208 g/mol. The number of nitrogens with one attached hydrogen (secondary N) is 1. The zero-order valence-corrected chi connectivity index (χ0v) is 10.6. The fourth-order valence-corrected chi connectivity index (χ4v) is 1.05. The molecule has 5 nitrogen and oxygen atoms in total. The van der Waals surface area contributed by atoms with Crippen molar-refractivity contribution in [1.82, 2.24) is 10.2 Å². The summed E-state index contributed by atoms with van der Waals surface area (Å²) in [5.41, 5.74) is 0. The van der Waals surface area contributed by atoms with Gasteiger partial charge in [0.1, 0.15) is 0 Å². The highest BCUT2D eigenvalue weighted by molar-refractivity contribution is 5.77. The number of methoxy groups -OCH3 is 1. The number of rotatable bonds is 10. The van der Waals surface area contributed by atoms with E-state index in [-0.39, 0.29) is 5.91 Å². The topological polar surface area (TPSA) is 50.8 Å². The Hall–Kier alpha value is -0.650. The summed E-state index contributed by atoms with van der Waals surface area (Å²) < 4.78 is 10.2. The van der Waals surface area contributed by atoms with Crippen molar-refractivity contribution in [3.63, 3.8) is 0 Å². The summed E-state index contributed by atoms with van der Waals surface area (Å²) in [5, 5.41) is 3.10. The third-order valence-corrected chi connectivity index (χ3v) is 2.10. The lowest BCUT2D eigenvalue weighted by atomic mass is 10.3. The molecule has 0 aliphatic rings. The minimum Gasteiger partial charge on any atom is -0.382 e. The molecular formula is C11H24N2O3. The van der Waals surface area contributed by atoms with Crippen LogP contribution in [0.5, 0.6) is 0 Å². The Labute approximate surface area is 98.1 Å². The highest BCUT2D eigenvalue weighted by Crippen LogP contribution is 1.89. The molecule has 0 saturated carbocycles. The number of carbonyl (C=O) groups is 1. The van der Waals surface area contributed by atoms with E-state index < -0.39 is 0 Å². The summed E-state index contributed by atoms with van der Waals surface area (Å²) >= 11 is 0. The van der Waals surface area contributed by atoms with Gasteiger partial charge in [0.2, 0.25) is 5.91 Å². The van der Waals surface area contributed by atoms with Gasteiger partial charge in [-0.3, -0.25) is 4.79 Å². The van der Waals surface area contributed by atoms with Gasteiger partial charge < -0.3 is 19.7 Å². The number of hydrogen-bond acceptors (Lipinski definition) is 4. The first kappa shape index (κ1) is 15.3. The lowest BCUT2D eigenvalue weighted by Gasteiger charge is -2.10. The third-order valence-electron chi connectivity index (χ3n) is 2.10. The van der Waals surface area contributed by atoms with Crippen molar-refractivity contribution in [2.75, 3.05) is 54.1 Å². The van der Waals surface area contributed by atoms with E-state index in [1.165, 1.54) is 0 Å². The summed E-state index contributed by atoms with van der Waals surface area (Å²) in [4.78, 5) is 12.8. The molecule has 0 saturated heterocycles. The number of amides is 1. The van der Waals surface area contributed by atoms with Crippen molar-refractivity contribution >= 4 is 5.91 Å². The normalized spacial score (nSPS) is 10.4. The molecule has 96 valence electrons. The van der Waals surface area contributed by atoms with Crippen LogP contribution in [-0.4, -0.2) is 64.9 Å². The predicted molar refractivity (Wildman–Crippen MR) is 63.5 cm³/mol. The minimum atomic E-state index is 0.108. The zero-order chi connectivity index (χ0) is 12.2. The second kappa shape index (κ2) is 10.9. The van der Waals surface area contributed by atoms with Crippen LogP contribution in [0.25, 0.3) is 0 Å². The molecule has 0 fully saturated rings. The SMILES string of the molecule is COCCOCCCCNCC(=O)N(C)C. The van der Waals surface area contributed by atoms with Crippen LogP contribution in [-0.2, 0) is 14.3 Å². The highest BCUT2D eigenvalue weighted by Gasteiger charge is 2.01. The molecule has 0 bridgehead atoms. The quantitative estimate of drug-likeness (QED) is 0.543. The van der Waals surface area contributed by atoms with Crippen LogP contribution in [0.15, 0.2) is 0 Å². The molecule has 0 unspecified atom stereocenters. The minimum absolute atomic E-state index is 0.108. The Morgan fingerprint density at radius 2 is 1.94 bits per heavy atom. The number of hydrogen-bond donors (Lipinski definition) is 1. The molecule has 0 radical (unpaired) electrons. The van der Waals surface area contributed by atoms with Gasteiger partial charge in [0, 0.05) is 27.8 Å². The highest BCUT2D eigenvalue weighted by atomic mass is 16.5. The second-order valence-corrected chi connectivity index (χ2v) is 3.78. The van der Waals surface area contributed by atoms with Gasteiger partial charge in [0.25, 0.3) is 0 Å². The Kier molecular flexibility index (Phi) is 10.4. The Morgan fingerprint density at radius 3 is 2.56 bits per heavy atom. The summed E-state index contributed by atoms with van der Waals surface area (Å²) in [6.07, 6.45) is 2.03. The number of likely N-dealkylation sites (N-methyl/N-ethyl adjacent to an activating group) is 1. The maximum atomic E-state index is 11.2. The van der Waals surface area contributed by atoms with E-state index in [1.807, 2.05) is 0 Å². The average Bonchev–Trinajstić information content (AvgIpc) is 2.26. The van der Waals surface area contributed by atoms with E-state index in [0.717, 1.165) is 26.0 Å². The molecule has 16 heavy (non-hydrogen) atoms. The fourth-order valence-electron chi connectivity index (χ4n) is 1.05. The number of unbranched alkanes of at least 4 members (excludes halogenated alkanes) is 1. The standard InChI is InChI=1S/C11H24N2O3/c1-13(2)11(14)10-12-6-4-5-7-16-9-8-15-3/h12H,4-10H2,1-3H3. The first-order chi connectivity index (χ1) is 7.68. The molecule has 1 amide bonds. The molecule has 0 heterocycles. The average molecular weight is 232 g/mol. The molecule has 0 aromatic heterocycles. The van der Waals surface area contributed by atoms with Gasteiger partial charge in [0.05, 0.1) is 19.8 Å². The molecule has 0 rings (SSSR count). The second-order valence-electron chi connectivity index (χ2n) is 3.78. The Balaban J connectivity index is 3.07. The van der Waals surface area contributed by atoms with Crippen LogP contribution in [0.2, 0.25) is 0 Å². The smallest absolute Gasteiger partial charge is 0.236 e. The van der Waals surface area contributed by atoms with Crippen LogP contribution in [0.1, 0.15) is 12.8 Å². The fraction of sp³-hybridized carbons (Fsp3) is 0.909. The van der Waals surface area contributed by atoms with Crippen molar-refractivity contribution < 1.29 is 14.3 Å². The molecule has 0 aromatic carbocycles. The van der Waals surface area contributed by atoms with Crippen molar-refractivity contribution in [2.24, 2.45) is 0 Å². The van der Waals surface area contributed by atoms with Crippen molar-refractivity contribution in [1.29, 1.82) is 0 Å². The van der Waals surface area contributed by atoms with Crippen LogP contribution < -0.4 is 5.32 Å². The maximum Gasteiger partial charge on any atom is 0.236 e. The first-order valence-corrected chi connectivity index (χ1v) is 5.66. The summed E-state index contributed by atoms with van der Waals surface area (Å²) in [5.74, 6) is 0.108. The molecule has 0 aromatic rings. The van der Waals surface area contributed by atoms with Gasteiger partial charge in [-0.05, 0) is 19.4 Å². The lowest BCUT2D eigenvalue weighted by molar-refractivity contribution is -0.127.